The molecule has 0 aliphatic heterocycles. The van der Waals surface area contributed by atoms with Gasteiger partial charge in [-0.15, -0.1) is 11.8 Å². The lowest BCUT2D eigenvalue weighted by atomic mass is 10.2. The molecule has 0 saturated heterocycles. The second kappa shape index (κ2) is 6.02. The Labute approximate surface area is 111 Å². The third kappa shape index (κ3) is 3.11. The summed E-state index contributed by atoms with van der Waals surface area (Å²) in [6.07, 6.45) is 2.80. The lowest BCUT2D eigenvalue weighted by Crippen LogP contribution is -2.23. The van der Waals surface area contributed by atoms with E-state index in [1.165, 1.54) is 4.90 Å². The zero-order valence-electron chi connectivity index (χ0n) is 10.8. The molecule has 0 aliphatic carbocycles. The number of nitrogens with zero attached hydrogens (tertiary/aromatic N) is 2. The Kier molecular flexibility index (Phi) is 4.38. The molecule has 2 aromatic rings. The average molecular weight is 263 g/mol. The van der Waals surface area contributed by atoms with E-state index in [2.05, 4.69) is 40.8 Å². The van der Waals surface area contributed by atoms with Gasteiger partial charge >= 0.3 is 0 Å². The minimum atomic E-state index is 0.331. The van der Waals surface area contributed by atoms with Crippen LogP contribution in [0.1, 0.15) is 12.8 Å². The van der Waals surface area contributed by atoms with Gasteiger partial charge in [-0.1, -0.05) is 5.16 Å². The molecule has 0 radical (unpaired) electrons. The van der Waals surface area contributed by atoms with Gasteiger partial charge in [-0.05, 0) is 44.5 Å². The SMILES string of the molecule is CNC(C)Cc1nc(-c2ccc(SC)cc2)no1. The summed E-state index contributed by atoms with van der Waals surface area (Å²) in [4.78, 5) is 5.63. The van der Waals surface area contributed by atoms with Crippen molar-refractivity contribution in [2.45, 2.75) is 24.3 Å². The monoisotopic (exact) mass is 263 g/mol. The van der Waals surface area contributed by atoms with E-state index < -0.39 is 0 Å². The molecule has 0 fully saturated rings. The van der Waals surface area contributed by atoms with Crippen molar-refractivity contribution in [3.05, 3.63) is 30.2 Å². The number of benzene rings is 1. The van der Waals surface area contributed by atoms with Crippen LogP contribution in [0.5, 0.6) is 0 Å². The van der Waals surface area contributed by atoms with E-state index in [1.54, 1.807) is 11.8 Å². The number of thioether (sulfide) groups is 1. The number of likely N-dealkylation sites (N-methyl/N-ethyl adjacent to an activating group) is 1. The van der Waals surface area contributed by atoms with Crippen LogP contribution in [0.25, 0.3) is 11.4 Å². The van der Waals surface area contributed by atoms with Gasteiger partial charge in [0.25, 0.3) is 0 Å². The van der Waals surface area contributed by atoms with E-state index in [0.29, 0.717) is 17.8 Å². The molecule has 2 rings (SSSR count). The van der Waals surface area contributed by atoms with Gasteiger partial charge in [0.15, 0.2) is 0 Å². The van der Waals surface area contributed by atoms with Crippen molar-refractivity contribution in [3.63, 3.8) is 0 Å². The fourth-order valence-electron chi connectivity index (χ4n) is 1.56. The summed E-state index contributed by atoms with van der Waals surface area (Å²) in [5.41, 5.74) is 0.986. The van der Waals surface area contributed by atoms with Crippen LogP contribution in [0.4, 0.5) is 0 Å². The Bertz CT molecular complexity index is 495. The maximum Gasteiger partial charge on any atom is 0.228 e. The minimum absolute atomic E-state index is 0.331. The van der Waals surface area contributed by atoms with E-state index in [1.807, 2.05) is 19.2 Å². The van der Waals surface area contributed by atoms with Gasteiger partial charge in [0.05, 0.1) is 0 Å². The van der Waals surface area contributed by atoms with E-state index in [-0.39, 0.29) is 0 Å². The topological polar surface area (TPSA) is 51.0 Å². The third-order valence-electron chi connectivity index (χ3n) is 2.79. The predicted molar refractivity (Wildman–Crippen MR) is 73.7 cm³/mol. The normalized spacial score (nSPS) is 12.6. The van der Waals surface area contributed by atoms with Crippen LogP contribution < -0.4 is 5.32 Å². The molecular weight excluding hydrogens is 246 g/mol. The fourth-order valence-corrected chi connectivity index (χ4v) is 1.97. The van der Waals surface area contributed by atoms with Crippen molar-refractivity contribution in [1.82, 2.24) is 15.5 Å². The molecule has 0 spiro atoms. The fraction of sp³-hybridized carbons (Fsp3) is 0.385. The standard InChI is InChI=1S/C13H17N3OS/c1-9(14-2)8-12-15-13(16-17-12)10-4-6-11(18-3)7-5-10/h4-7,9,14H,8H2,1-3H3. The highest BCUT2D eigenvalue weighted by Crippen LogP contribution is 2.21. The molecule has 0 aliphatic rings. The van der Waals surface area contributed by atoms with Crippen LogP contribution >= 0.6 is 11.8 Å². The van der Waals surface area contributed by atoms with Crippen molar-refractivity contribution < 1.29 is 4.52 Å². The van der Waals surface area contributed by atoms with Gasteiger partial charge in [0.2, 0.25) is 11.7 Å². The highest BCUT2D eigenvalue weighted by molar-refractivity contribution is 7.98. The van der Waals surface area contributed by atoms with Crippen molar-refractivity contribution in [3.8, 4) is 11.4 Å². The Hall–Kier alpha value is -1.33. The third-order valence-corrected chi connectivity index (χ3v) is 3.53. The Balaban J connectivity index is 2.13. The molecule has 1 aromatic heterocycles. The van der Waals surface area contributed by atoms with Crippen LogP contribution in [-0.2, 0) is 6.42 Å². The average Bonchev–Trinajstić information content (AvgIpc) is 2.87. The first-order valence-corrected chi connectivity index (χ1v) is 7.09. The lowest BCUT2D eigenvalue weighted by Gasteiger charge is -2.04. The molecule has 1 atom stereocenters. The van der Waals surface area contributed by atoms with Crippen molar-refractivity contribution in [2.75, 3.05) is 13.3 Å². The van der Waals surface area contributed by atoms with Crippen LogP contribution in [0.2, 0.25) is 0 Å². The molecule has 1 N–H and O–H groups in total. The van der Waals surface area contributed by atoms with Crippen LogP contribution in [0.15, 0.2) is 33.7 Å². The Morgan fingerprint density at radius 3 is 2.67 bits per heavy atom. The number of hydrogen-bond acceptors (Lipinski definition) is 5. The number of rotatable bonds is 5. The molecule has 1 unspecified atom stereocenters. The number of nitrogens with one attached hydrogen (secondary N) is 1. The molecule has 0 saturated carbocycles. The second-order valence-electron chi connectivity index (χ2n) is 4.13. The van der Waals surface area contributed by atoms with Gasteiger partial charge in [-0.3, -0.25) is 0 Å². The predicted octanol–water partition coefficient (Wildman–Crippen LogP) is 2.61. The van der Waals surface area contributed by atoms with Crippen LogP contribution in [-0.4, -0.2) is 29.5 Å². The smallest absolute Gasteiger partial charge is 0.228 e. The molecule has 0 amide bonds. The molecule has 18 heavy (non-hydrogen) atoms. The van der Waals surface area contributed by atoms with Crippen LogP contribution in [0.3, 0.4) is 0 Å². The van der Waals surface area contributed by atoms with Gasteiger partial charge in [0.1, 0.15) is 0 Å². The molecule has 5 heteroatoms. The summed E-state index contributed by atoms with van der Waals surface area (Å²) in [5, 5.41) is 7.16. The quantitative estimate of drug-likeness (QED) is 0.840. The van der Waals surface area contributed by atoms with E-state index in [9.17, 15) is 0 Å². The zero-order chi connectivity index (χ0) is 13.0. The summed E-state index contributed by atoms with van der Waals surface area (Å²) < 4.78 is 5.24. The number of hydrogen-bond donors (Lipinski definition) is 1. The largest absolute Gasteiger partial charge is 0.339 e. The highest BCUT2D eigenvalue weighted by Gasteiger charge is 2.10. The van der Waals surface area contributed by atoms with E-state index >= 15 is 0 Å². The Morgan fingerprint density at radius 1 is 1.33 bits per heavy atom. The lowest BCUT2D eigenvalue weighted by molar-refractivity contribution is 0.365. The van der Waals surface area contributed by atoms with Gasteiger partial charge in [0, 0.05) is 22.9 Å². The molecule has 96 valence electrons. The summed E-state index contributed by atoms with van der Waals surface area (Å²) in [6, 6.07) is 8.49. The van der Waals surface area contributed by atoms with E-state index in [4.69, 9.17) is 4.52 Å². The molecule has 1 heterocycles. The summed E-state index contributed by atoms with van der Waals surface area (Å²) >= 11 is 1.72. The number of aromatic nitrogens is 2. The van der Waals surface area contributed by atoms with Gasteiger partial charge in [-0.25, -0.2) is 0 Å². The molecule has 1 aromatic carbocycles. The molecule has 0 bridgehead atoms. The molecule has 4 nitrogen and oxygen atoms in total. The molecular formula is C13H17N3OS. The second-order valence-corrected chi connectivity index (χ2v) is 5.01. The first-order valence-electron chi connectivity index (χ1n) is 5.87. The summed E-state index contributed by atoms with van der Waals surface area (Å²) in [5.74, 6) is 1.32. The van der Waals surface area contributed by atoms with Crippen molar-refractivity contribution in [1.29, 1.82) is 0 Å². The highest BCUT2D eigenvalue weighted by atomic mass is 32.2. The van der Waals surface area contributed by atoms with Gasteiger partial charge in [-0.2, -0.15) is 4.98 Å². The minimum Gasteiger partial charge on any atom is -0.339 e. The zero-order valence-corrected chi connectivity index (χ0v) is 11.6. The van der Waals surface area contributed by atoms with E-state index in [0.717, 1.165) is 12.0 Å². The Morgan fingerprint density at radius 2 is 2.06 bits per heavy atom. The first-order chi connectivity index (χ1) is 8.72. The van der Waals surface area contributed by atoms with Crippen molar-refractivity contribution in [2.24, 2.45) is 0 Å². The van der Waals surface area contributed by atoms with Crippen molar-refractivity contribution >= 4 is 11.8 Å². The van der Waals surface area contributed by atoms with Gasteiger partial charge < -0.3 is 9.84 Å². The first kappa shape index (κ1) is 13.1. The van der Waals surface area contributed by atoms with Crippen LogP contribution in [0, 0.1) is 0 Å². The maximum atomic E-state index is 5.24. The summed E-state index contributed by atoms with van der Waals surface area (Å²) in [6.45, 7) is 2.08. The summed E-state index contributed by atoms with van der Waals surface area (Å²) in [7, 11) is 1.92. The maximum absolute atomic E-state index is 5.24.